The van der Waals surface area contributed by atoms with Crippen molar-refractivity contribution in [2.45, 2.75) is 70.8 Å². The summed E-state index contributed by atoms with van der Waals surface area (Å²) in [4.78, 5) is 37.0. The van der Waals surface area contributed by atoms with Gasteiger partial charge in [-0.2, -0.15) is 0 Å². The minimum Gasteiger partial charge on any atom is -0.452 e. The molecule has 0 N–H and O–H groups in total. The van der Waals surface area contributed by atoms with Gasteiger partial charge in [-0.25, -0.2) is 4.79 Å². The van der Waals surface area contributed by atoms with Gasteiger partial charge in [0.2, 0.25) is 5.78 Å². The zero-order chi connectivity index (χ0) is 17.1. The van der Waals surface area contributed by atoms with E-state index in [1.807, 2.05) is 6.08 Å². The number of rotatable bonds is 7. The number of hydrogen-bond donors (Lipinski definition) is 0. The Morgan fingerprint density at radius 1 is 1.17 bits per heavy atom. The van der Waals surface area contributed by atoms with E-state index in [2.05, 4.69) is 13.0 Å². The van der Waals surface area contributed by atoms with Gasteiger partial charge in [-0.3, -0.25) is 9.59 Å². The second-order valence-electron chi connectivity index (χ2n) is 7.67. The molecular formula is C20H28O4. The highest BCUT2D eigenvalue weighted by Gasteiger charge is 2.43. The van der Waals surface area contributed by atoms with Crippen LogP contribution < -0.4 is 0 Å². The van der Waals surface area contributed by atoms with Crippen molar-refractivity contribution < 1.29 is 19.1 Å². The first-order valence-corrected chi connectivity index (χ1v) is 9.56. The monoisotopic (exact) mass is 332 g/mol. The third-order valence-electron chi connectivity index (χ3n) is 6.05. The first-order valence-electron chi connectivity index (χ1n) is 9.56. The third-order valence-corrected chi connectivity index (χ3v) is 6.05. The molecule has 5 unspecified atom stereocenters. The number of carbonyl (C=O) groups excluding carboxylic acids is 3. The molecule has 3 aliphatic carbocycles. The smallest absolute Gasteiger partial charge is 0.375 e. The second kappa shape index (κ2) is 7.62. The Hall–Kier alpha value is -1.45. The summed E-state index contributed by atoms with van der Waals surface area (Å²) < 4.78 is 5.52. The van der Waals surface area contributed by atoms with Gasteiger partial charge in [0.1, 0.15) is 11.9 Å². The molecule has 4 nitrogen and oxygen atoms in total. The topological polar surface area (TPSA) is 60.4 Å². The minimum atomic E-state index is -0.727. The number of Topliss-reactive ketones (excluding diaryl/α,β-unsaturated/α-hetero) is 2. The third kappa shape index (κ3) is 3.62. The summed E-state index contributed by atoms with van der Waals surface area (Å²) in [5, 5.41) is 0. The summed E-state index contributed by atoms with van der Waals surface area (Å²) in [6.45, 7) is 2.11. The molecule has 0 aromatic heterocycles. The lowest BCUT2D eigenvalue weighted by molar-refractivity contribution is -0.160. The molecule has 3 aliphatic rings. The van der Waals surface area contributed by atoms with Crippen molar-refractivity contribution in [1.82, 2.24) is 0 Å². The number of fused-ring (bicyclic) bond motifs is 2. The van der Waals surface area contributed by atoms with Gasteiger partial charge in [-0.05, 0) is 44.1 Å². The summed E-state index contributed by atoms with van der Waals surface area (Å²) in [6, 6.07) is 0. The number of allylic oxidation sites excluding steroid dienone is 1. The van der Waals surface area contributed by atoms with Gasteiger partial charge in [0.15, 0.2) is 0 Å². The molecule has 2 bridgehead atoms. The maximum absolute atomic E-state index is 12.6. The van der Waals surface area contributed by atoms with Crippen LogP contribution in [0.1, 0.15) is 64.7 Å². The van der Waals surface area contributed by atoms with E-state index < -0.39 is 17.7 Å². The van der Waals surface area contributed by atoms with Crippen LogP contribution in [0.15, 0.2) is 12.2 Å². The molecule has 5 atom stereocenters. The Bertz CT molecular complexity index is 536. The lowest BCUT2D eigenvalue weighted by Gasteiger charge is -2.24. The van der Waals surface area contributed by atoms with Crippen LogP contribution >= 0.6 is 0 Å². The SMILES string of the molecule is CCCCCC1C(=O)CCC1C(=O)C(=O)OC1C=CC2CCC1C2. The van der Waals surface area contributed by atoms with Crippen molar-refractivity contribution in [1.29, 1.82) is 0 Å². The normalized spacial score (nSPS) is 34.5. The fourth-order valence-electron chi connectivity index (χ4n) is 4.62. The van der Waals surface area contributed by atoms with Crippen molar-refractivity contribution in [3.05, 3.63) is 12.2 Å². The van der Waals surface area contributed by atoms with E-state index in [1.54, 1.807) is 0 Å². The summed E-state index contributed by atoms with van der Waals surface area (Å²) in [6.07, 6.45) is 11.8. The molecule has 2 saturated carbocycles. The molecule has 0 spiro atoms. The molecule has 2 fully saturated rings. The quantitative estimate of drug-likeness (QED) is 0.309. The molecule has 0 heterocycles. The molecule has 0 radical (unpaired) electrons. The molecule has 132 valence electrons. The second-order valence-corrected chi connectivity index (χ2v) is 7.67. The van der Waals surface area contributed by atoms with Gasteiger partial charge in [0, 0.05) is 24.2 Å². The van der Waals surface area contributed by atoms with Crippen molar-refractivity contribution >= 4 is 17.5 Å². The largest absolute Gasteiger partial charge is 0.452 e. The van der Waals surface area contributed by atoms with Gasteiger partial charge < -0.3 is 4.74 Å². The summed E-state index contributed by atoms with van der Waals surface area (Å²) in [5.74, 6) is -0.794. The van der Waals surface area contributed by atoms with Gasteiger partial charge >= 0.3 is 5.97 Å². The summed E-state index contributed by atoms with van der Waals surface area (Å²) in [7, 11) is 0. The van der Waals surface area contributed by atoms with Crippen molar-refractivity contribution in [3.63, 3.8) is 0 Å². The molecule has 0 amide bonds. The van der Waals surface area contributed by atoms with Crippen LogP contribution in [0.5, 0.6) is 0 Å². The van der Waals surface area contributed by atoms with E-state index in [9.17, 15) is 14.4 Å². The van der Waals surface area contributed by atoms with Crippen LogP contribution in [0.25, 0.3) is 0 Å². The number of ketones is 2. The van der Waals surface area contributed by atoms with E-state index in [0.717, 1.165) is 44.9 Å². The molecule has 0 saturated heterocycles. The Labute approximate surface area is 144 Å². The number of esters is 1. The fraction of sp³-hybridized carbons (Fsp3) is 0.750. The molecule has 3 rings (SSSR count). The molecular weight excluding hydrogens is 304 g/mol. The van der Waals surface area contributed by atoms with E-state index in [1.165, 1.54) is 0 Å². The van der Waals surface area contributed by atoms with Crippen LogP contribution in [0.3, 0.4) is 0 Å². The van der Waals surface area contributed by atoms with E-state index >= 15 is 0 Å². The summed E-state index contributed by atoms with van der Waals surface area (Å²) in [5.41, 5.74) is 0. The number of ether oxygens (including phenoxy) is 1. The Morgan fingerprint density at radius 2 is 2.00 bits per heavy atom. The predicted octanol–water partition coefficient (Wildman–Crippen LogP) is 3.63. The van der Waals surface area contributed by atoms with Crippen LogP contribution in [0.2, 0.25) is 0 Å². The highest BCUT2D eigenvalue weighted by atomic mass is 16.5. The fourth-order valence-corrected chi connectivity index (χ4v) is 4.62. The average Bonchev–Trinajstić information content (AvgIpc) is 3.14. The van der Waals surface area contributed by atoms with Crippen molar-refractivity contribution in [2.75, 3.05) is 0 Å². The summed E-state index contributed by atoms with van der Waals surface area (Å²) >= 11 is 0. The Kier molecular flexibility index (Phi) is 5.52. The molecule has 0 aromatic carbocycles. The number of unbranched alkanes of at least 4 members (excludes halogenated alkanes) is 2. The zero-order valence-electron chi connectivity index (χ0n) is 14.5. The highest BCUT2D eigenvalue weighted by Crippen LogP contribution is 2.40. The maximum Gasteiger partial charge on any atom is 0.375 e. The van der Waals surface area contributed by atoms with Crippen LogP contribution in [-0.4, -0.2) is 23.6 Å². The van der Waals surface area contributed by atoms with Crippen LogP contribution in [-0.2, 0) is 19.1 Å². The molecule has 0 aromatic rings. The maximum atomic E-state index is 12.6. The van der Waals surface area contributed by atoms with Crippen molar-refractivity contribution in [3.8, 4) is 0 Å². The molecule has 0 aliphatic heterocycles. The molecule has 24 heavy (non-hydrogen) atoms. The predicted molar refractivity (Wildman–Crippen MR) is 90.2 cm³/mol. The van der Waals surface area contributed by atoms with E-state index in [4.69, 9.17) is 4.74 Å². The lowest BCUT2D eigenvalue weighted by atomic mass is 9.87. The van der Waals surface area contributed by atoms with Gasteiger partial charge in [-0.1, -0.05) is 32.3 Å². The average molecular weight is 332 g/mol. The van der Waals surface area contributed by atoms with Gasteiger partial charge in [0.25, 0.3) is 0 Å². The van der Waals surface area contributed by atoms with Gasteiger partial charge in [-0.15, -0.1) is 0 Å². The standard InChI is InChI=1S/C20H28O4/c1-2-3-4-5-15-16(9-10-17(15)21)19(22)20(23)24-18-11-7-13-6-8-14(18)12-13/h7,11,13-16,18H,2-6,8-10,12H2,1H3. The zero-order valence-corrected chi connectivity index (χ0v) is 14.5. The number of hydrogen-bond acceptors (Lipinski definition) is 4. The first kappa shape index (κ1) is 17.4. The van der Waals surface area contributed by atoms with E-state index in [-0.39, 0.29) is 17.8 Å². The lowest BCUT2D eigenvalue weighted by Crippen LogP contribution is -2.34. The van der Waals surface area contributed by atoms with Crippen LogP contribution in [0, 0.1) is 23.7 Å². The molecule has 4 heteroatoms. The van der Waals surface area contributed by atoms with Crippen molar-refractivity contribution in [2.24, 2.45) is 23.7 Å². The van der Waals surface area contributed by atoms with Crippen LogP contribution in [0.4, 0.5) is 0 Å². The Balaban J connectivity index is 1.58. The first-order chi connectivity index (χ1) is 11.6. The minimum absolute atomic E-state index is 0.147. The highest BCUT2D eigenvalue weighted by molar-refractivity contribution is 6.35. The van der Waals surface area contributed by atoms with E-state index in [0.29, 0.717) is 24.7 Å². The van der Waals surface area contributed by atoms with Gasteiger partial charge in [0.05, 0.1) is 0 Å². The number of carbonyl (C=O) groups is 3. The Morgan fingerprint density at radius 3 is 2.79 bits per heavy atom.